The van der Waals surface area contributed by atoms with E-state index >= 15 is 0 Å². The number of hydrogen-bond donors (Lipinski definition) is 0. The molecule has 0 spiro atoms. The molecular formula is C8H16NO+. The summed E-state index contributed by atoms with van der Waals surface area (Å²) in [5.41, 5.74) is -0.635. The summed E-state index contributed by atoms with van der Waals surface area (Å²) in [6.45, 7) is 13.0. The van der Waals surface area contributed by atoms with Crippen LogP contribution < -0.4 is 0 Å². The molecule has 0 radical (unpaired) electrons. The number of rotatable bonds is 2. The third kappa shape index (κ3) is 1.48. The summed E-state index contributed by atoms with van der Waals surface area (Å²) < 4.78 is 5.22. The first-order valence-electron chi connectivity index (χ1n) is 3.34. The fourth-order valence-corrected chi connectivity index (χ4v) is 0.405. The second-order valence-electron chi connectivity index (χ2n) is 3.40. The molecule has 10 heavy (non-hydrogen) atoms. The van der Waals surface area contributed by atoms with Gasteiger partial charge in [0, 0.05) is 21.0 Å². The Balaban J connectivity index is 4.49. The molecule has 0 heterocycles. The summed E-state index contributed by atoms with van der Waals surface area (Å²) in [4.78, 5) is 3.74. The monoisotopic (exact) mass is 142 g/mol. The Morgan fingerprint density at radius 1 is 1.20 bits per heavy atom. The molecule has 58 valence electrons. The van der Waals surface area contributed by atoms with Gasteiger partial charge in [-0.05, 0) is 13.8 Å². The van der Waals surface area contributed by atoms with Gasteiger partial charge in [0.1, 0.15) is 5.60 Å². The molecule has 0 unspecified atom stereocenters. The van der Waals surface area contributed by atoms with Crippen molar-refractivity contribution in [1.82, 2.24) is 0 Å². The van der Waals surface area contributed by atoms with E-state index in [0.29, 0.717) is 0 Å². The molecule has 2 heteroatoms. The highest BCUT2D eigenvalue weighted by Gasteiger charge is 2.46. The summed E-state index contributed by atoms with van der Waals surface area (Å²) in [5, 5.41) is 0. The fraction of sp³-hybridized carbons (Fsp3) is 0.875. The first-order valence-corrected chi connectivity index (χ1v) is 3.34. The van der Waals surface area contributed by atoms with E-state index in [-0.39, 0.29) is 11.1 Å². The number of ether oxygens (including phenoxy) is 1. The SMILES string of the molecule is C#[N+]C(C)(C)C(C)(C)OC. The molecule has 0 aromatic carbocycles. The number of nitrogens with zero attached hydrogens (tertiary/aromatic N) is 1. The summed E-state index contributed by atoms with van der Waals surface area (Å²) in [7, 11) is 1.66. The lowest BCUT2D eigenvalue weighted by Crippen LogP contribution is -2.43. The van der Waals surface area contributed by atoms with Gasteiger partial charge in [-0.25, -0.2) is 0 Å². The van der Waals surface area contributed by atoms with Crippen LogP contribution in [0.25, 0.3) is 4.85 Å². The van der Waals surface area contributed by atoms with Crippen molar-refractivity contribution in [2.24, 2.45) is 0 Å². The van der Waals surface area contributed by atoms with E-state index in [4.69, 9.17) is 11.3 Å². The normalized spacial score (nSPS) is 12.8. The Morgan fingerprint density at radius 2 is 1.60 bits per heavy atom. The van der Waals surface area contributed by atoms with E-state index in [1.807, 2.05) is 27.7 Å². The van der Waals surface area contributed by atoms with Gasteiger partial charge in [-0.2, -0.15) is 0 Å². The lowest BCUT2D eigenvalue weighted by molar-refractivity contribution is -0.0162. The first kappa shape index (κ1) is 9.45. The van der Waals surface area contributed by atoms with Crippen LogP contribution in [-0.4, -0.2) is 18.2 Å². The molecule has 0 N–H and O–H groups in total. The van der Waals surface area contributed by atoms with E-state index in [1.165, 1.54) is 0 Å². The lowest BCUT2D eigenvalue weighted by atomic mass is 9.87. The maximum absolute atomic E-state index is 5.22. The average molecular weight is 142 g/mol. The average Bonchev–Trinajstić information content (AvgIpc) is 1.88. The molecule has 2 nitrogen and oxygen atoms in total. The smallest absolute Gasteiger partial charge is 0.302 e. The van der Waals surface area contributed by atoms with Crippen LogP contribution in [0.4, 0.5) is 0 Å². The van der Waals surface area contributed by atoms with Crippen LogP contribution in [0.2, 0.25) is 0 Å². The minimum absolute atomic E-state index is 0.304. The highest BCUT2D eigenvalue weighted by Crippen LogP contribution is 2.27. The van der Waals surface area contributed by atoms with Crippen molar-refractivity contribution in [2.75, 3.05) is 7.11 Å². The Labute approximate surface area is 63.0 Å². The molecule has 0 aliphatic heterocycles. The predicted octanol–water partition coefficient (Wildman–Crippen LogP) is 2.15. The highest BCUT2D eigenvalue weighted by atomic mass is 16.5. The molecule has 0 saturated carbocycles. The Kier molecular flexibility index (Phi) is 2.45. The van der Waals surface area contributed by atoms with Gasteiger partial charge in [-0.3, -0.25) is 0 Å². The van der Waals surface area contributed by atoms with Crippen molar-refractivity contribution in [3.63, 3.8) is 0 Å². The summed E-state index contributed by atoms with van der Waals surface area (Å²) in [6.07, 6.45) is 0. The zero-order valence-corrected chi connectivity index (χ0v) is 7.43. The van der Waals surface area contributed by atoms with Crippen LogP contribution >= 0.6 is 0 Å². The third-order valence-electron chi connectivity index (χ3n) is 2.31. The van der Waals surface area contributed by atoms with Gasteiger partial charge in [0.25, 0.3) is 6.57 Å². The van der Waals surface area contributed by atoms with Gasteiger partial charge < -0.3 is 4.74 Å². The zero-order valence-electron chi connectivity index (χ0n) is 7.43. The van der Waals surface area contributed by atoms with Gasteiger partial charge in [0.15, 0.2) is 0 Å². The minimum atomic E-state index is -0.332. The van der Waals surface area contributed by atoms with E-state index < -0.39 is 0 Å². The van der Waals surface area contributed by atoms with Crippen LogP contribution in [0.3, 0.4) is 0 Å². The largest absolute Gasteiger partial charge is 0.370 e. The second-order valence-corrected chi connectivity index (χ2v) is 3.40. The highest BCUT2D eigenvalue weighted by molar-refractivity contribution is 5.05. The van der Waals surface area contributed by atoms with E-state index in [9.17, 15) is 0 Å². The maximum Gasteiger partial charge on any atom is 0.302 e. The van der Waals surface area contributed by atoms with Crippen molar-refractivity contribution in [3.05, 3.63) is 4.85 Å². The number of hydrogen-bond acceptors (Lipinski definition) is 1. The summed E-state index contributed by atoms with van der Waals surface area (Å²) in [6, 6.07) is 0. The van der Waals surface area contributed by atoms with Crippen LogP contribution in [-0.2, 0) is 4.74 Å². The van der Waals surface area contributed by atoms with Gasteiger partial charge >= 0.3 is 5.54 Å². The molecule has 0 aliphatic carbocycles. The Morgan fingerprint density at radius 3 is 1.70 bits per heavy atom. The fourth-order valence-electron chi connectivity index (χ4n) is 0.405. The van der Waals surface area contributed by atoms with Gasteiger partial charge in [-0.15, -0.1) is 0 Å². The molecule has 0 rings (SSSR count). The standard InChI is InChI=1S/C8H16NO/c1-7(2,9-5)8(3,4)10-6/h5H,1-4,6H3/q+1. The summed E-state index contributed by atoms with van der Waals surface area (Å²) in [5.74, 6) is 0. The predicted molar refractivity (Wildman–Crippen MR) is 43.5 cm³/mol. The van der Waals surface area contributed by atoms with E-state index in [1.54, 1.807) is 7.11 Å². The van der Waals surface area contributed by atoms with Crippen molar-refractivity contribution < 1.29 is 4.74 Å². The first-order chi connectivity index (χ1) is 4.37. The van der Waals surface area contributed by atoms with Crippen LogP contribution in [0.15, 0.2) is 0 Å². The Hall–Kier alpha value is -0.550. The molecule has 0 fully saturated rings. The molecule has 0 amide bonds. The van der Waals surface area contributed by atoms with Crippen molar-refractivity contribution >= 4 is 0 Å². The maximum atomic E-state index is 5.22. The Bertz CT molecular complexity index is 153. The van der Waals surface area contributed by atoms with E-state index in [0.717, 1.165) is 0 Å². The van der Waals surface area contributed by atoms with Gasteiger partial charge in [0.05, 0.1) is 0 Å². The molecule has 0 saturated heterocycles. The molecule has 0 atom stereocenters. The molecule has 0 aromatic rings. The van der Waals surface area contributed by atoms with Gasteiger partial charge in [0.2, 0.25) is 0 Å². The molecule has 0 aromatic heterocycles. The third-order valence-corrected chi connectivity index (χ3v) is 2.31. The lowest BCUT2D eigenvalue weighted by Gasteiger charge is -2.26. The van der Waals surface area contributed by atoms with Gasteiger partial charge in [-0.1, -0.05) is 4.85 Å². The second kappa shape index (κ2) is 2.59. The zero-order chi connectivity index (χ0) is 8.41. The van der Waals surface area contributed by atoms with Crippen LogP contribution in [0.1, 0.15) is 27.7 Å². The molecular weight excluding hydrogens is 126 g/mol. The van der Waals surface area contributed by atoms with Crippen molar-refractivity contribution in [2.45, 2.75) is 38.8 Å². The van der Waals surface area contributed by atoms with Crippen molar-refractivity contribution in [3.8, 4) is 6.57 Å². The molecule has 0 bridgehead atoms. The van der Waals surface area contributed by atoms with Crippen LogP contribution in [0.5, 0.6) is 0 Å². The van der Waals surface area contributed by atoms with Crippen LogP contribution in [0, 0.1) is 6.57 Å². The topological polar surface area (TPSA) is 13.6 Å². The quantitative estimate of drug-likeness (QED) is 0.576. The minimum Gasteiger partial charge on any atom is -0.370 e. The van der Waals surface area contributed by atoms with E-state index in [2.05, 4.69) is 4.85 Å². The number of methoxy groups -OCH3 is 1. The van der Waals surface area contributed by atoms with Crippen molar-refractivity contribution in [1.29, 1.82) is 0 Å². The summed E-state index contributed by atoms with van der Waals surface area (Å²) >= 11 is 0. The molecule has 0 aliphatic rings.